The number of rotatable bonds is 3. The molecule has 1 aliphatic heterocycles. The van der Waals surface area contributed by atoms with Crippen molar-refractivity contribution in [2.75, 3.05) is 6.54 Å². The first kappa shape index (κ1) is 15.8. The maximum atomic E-state index is 12.7. The number of aryl methyl sites for hydroxylation is 2. The molecule has 0 aromatic heterocycles. The standard InChI is InChI=1S/C15H19F3N2O/c1-4-12-14(21)20(8-15(16,17)18)13(19-12)11-6-5-9(2)7-10(11)3/h5-7,12-13,19H,4,8H2,1-3H3. The highest BCUT2D eigenvalue weighted by atomic mass is 19.4. The molecule has 6 heteroatoms. The number of carbonyl (C=O) groups is 1. The zero-order valence-corrected chi connectivity index (χ0v) is 12.3. The van der Waals surface area contributed by atoms with Gasteiger partial charge < -0.3 is 4.90 Å². The Balaban J connectivity index is 2.36. The first-order chi connectivity index (χ1) is 9.73. The summed E-state index contributed by atoms with van der Waals surface area (Å²) >= 11 is 0. The van der Waals surface area contributed by atoms with Crippen LogP contribution in [-0.2, 0) is 4.79 Å². The van der Waals surface area contributed by atoms with Crippen LogP contribution in [-0.4, -0.2) is 29.6 Å². The molecule has 1 aromatic carbocycles. The summed E-state index contributed by atoms with van der Waals surface area (Å²) in [5.41, 5.74) is 2.63. The first-order valence-electron chi connectivity index (χ1n) is 6.93. The van der Waals surface area contributed by atoms with Gasteiger partial charge in [-0.15, -0.1) is 0 Å². The van der Waals surface area contributed by atoms with E-state index in [9.17, 15) is 18.0 Å². The molecule has 1 amide bonds. The average molecular weight is 300 g/mol. The van der Waals surface area contributed by atoms with Crippen molar-refractivity contribution in [1.29, 1.82) is 0 Å². The number of carbonyl (C=O) groups excluding carboxylic acids is 1. The van der Waals surface area contributed by atoms with Crippen molar-refractivity contribution in [3.8, 4) is 0 Å². The Kier molecular flexibility index (Phi) is 4.27. The van der Waals surface area contributed by atoms with Gasteiger partial charge in [-0.3, -0.25) is 10.1 Å². The Hall–Kier alpha value is -1.56. The quantitative estimate of drug-likeness (QED) is 0.930. The second kappa shape index (κ2) is 5.67. The number of halogens is 3. The molecule has 1 N–H and O–H groups in total. The van der Waals surface area contributed by atoms with Crippen molar-refractivity contribution in [3.63, 3.8) is 0 Å². The maximum Gasteiger partial charge on any atom is 0.406 e. The van der Waals surface area contributed by atoms with Gasteiger partial charge in [-0.05, 0) is 31.4 Å². The molecular weight excluding hydrogens is 281 g/mol. The molecular formula is C15H19F3N2O. The highest BCUT2D eigenvalue weighted by Crippen LogP contribution is 2.32. The molecule has 1 aromatic rings. The van der Waals surface area contributed by atoms with Crippen molar-refractivity contribution in [2.45, 2.75) is 45.6 Å². The fourth-order valence-electron chi connectivity index (χ4n) is 2.72. The van der Waals surface area contributed by atoms with Crippen LogP contribution in [0.4, 0.5) is 13.2 Å². The van der Waals surface area contributed by atoms with Crippen LogP contribution in [0.1, 0.15) is 36.2 Å². The molecule has 2 unspecified atom stereocenters. The van der Waals surface area contributed by atoms with Crippen molar-refractivity contribution in [3.05, 3.63) is 34.9 Å². The third-order valence-corrected chi connectivity index (χ3v) is 3.73. The van der Waals surface area contributed by atoms with Crippen molar-refractivity contribution in [2.24, 2.45) is 0 Å². The normalized spacial score (nSPS) is 23.0. The molecule has 1 aliphatic rings. The van der Waals surface area contributed by atoms with Gasteiger partial charge in [0.15, 0.2) is 0 Å². The Morgan fingerprint density at radius 3 is 2.48 bits per heavy atom. The molecule has 1 heterocycles. The zero-order valence-electron chi connectivity index (χ0n) is 12.3. The minimum Gasteiger partial charge on any atom is -0.312 e. The van der Waals surface area contributed by atoms with Gasteiger partial charge in [-0.1, -0.05) is 30.7 Å². The largest absolute Gasteiger partial charge is 0.406 e. The number of amides is 1. The number of benzene rings is 1. The third kappa shape index (κ3) is 3.37. The van der Waals surface area contributed by atoms with Crippen molar-refractivity contribution < 1.29 is 18.0 Å². The van der Waals surface area contributed by atoms with Crippen LogP contribution in [0.15, 0.2) is 18.2 Å². The van der Waals surface area contributed by atoms with Gasteiger partial charge in [-0.25, -0.2) is 0 Å². The van der Waals surface area contributed by atoms with E-state index in [1.807, 2.05) is 26.0 Å². The fraction of sp³-hybridized carbons (Fsp3) is 0.533. The summed E-state index contributed by atoms with van der Waals surface area (Å²) in [6.45, 7) is 4.32. The summed E-state index contributed by atoms with van der Waals surface area (Å²) in [6.07, 6.45) is -4.66. The lowest BCUT2D eigenvalue weighted by Gasteiger charge is -2.26. The Bertz CT molecular complexity index is 542. The first-order valence-corrected chi connectivity index (χ1v) is 6.93. The van der Waals surface area contributed by atoms with Crippen LogP contribution in [0.2, 0.25) is 0 Å². The minimum atomic E-state index is -4.41. The third-order valence-electron chi connectivity index (χ3n) is 3.73. The molecule has 3 nitrogen and oxygen atoms in total. The summed E-state index contributed by atoms with van der Waals surface area (Å²) in [7, 11) is 0. The van der Waals surface area contributed by atoms with Gasteiger partial charge in [0, 0.05) is 0 Å². The van der Waals surface area contributed by atoms with Crippen LogP contribution in [0.3, 0.4) is 0 Å². The van der Waals surface area contributed by atoms with Crippen molar-refractivity contribution in [1.82, 2.24) is 10.2 Å². The topological polar surface area (TPSA) is 32.3 Å². The number of hydrogen-bond donors (Lipinski definition) is 1. The van der Waals surface area contributed by atoms with Crippen LogP contribution >= 0.6 is 0 Å². The van der Waals surface area contributed by atoms with Gasteiger partial charge in [0.2, 0.25) is 5.91 Å². The molecule has 2 rings (SSSR count). The van der Waals surface area contributed by atoms with E-state index in [1.54, 1.807) is 13.0 Å². The number of nitrogens with zero attached hydrogens (tertiary/aromatic N) is 1. The number of hydrogen-bond acceptors (Lipinski definition) is 2. The van der Waals surface area contributed by atoms with Crippen molar-refractivity contribution >= 4 is 5.91 Å². The average Bonchev–Trinajstić information content (AvgIpc) is 2.65. The second-order valence-corrected chi connectivity index (χ2v) is 5.47. The lowest BCUT2D eigenvalue weighted by atomic mass is 10.0. The lowest BCUT2D eigenvalue weighted by Crippen LogP contribution is -2.39. The van der Waals surface area contributed by atoms with E-state index in [4.69, 9.17) is 0 Å². The van der Waals surface area contributed by atoms with Gasteiger partial charge in [-0.2, -0.15) is 13.2 Å². The molecule has 116 valence electrons. The van der Waals surface area contributed by atoms with E-state index in [0.29, 0.717) is 12.0 Å². The van der Waals surface area contributed by atoms with Crippen LogP contribution in [0.25, 0.3) is 0 Å². The molecule has 1 fully saturated rings. The fourth-order valence-corrected chi connectivity index (χ4v) is 2.72. The van der Waals surface area contributed by atoms with E-state index in [1.165, 1.54) is 0 Å². The molecule has 1 saturated heterocycles. The van der Waals surface area contributed by atoms with Gasteiger partial charge in [0.05, 0.1) is 6.04 Å². The van der Waals surface area contributed by atoms with E-state index in [0.717, 1.165) is 16.0 Å². The minimum absolute atomic E-state index is 0.467. The second-order valence-electron chi connectivity index (χ2n) is 5.47. The van der Waals surface area contributed by atoms with E-state index < -0.39 is 30.8 Å². The smallest absolute Gasteiger partial charge is 0.312 e. The summed E-state index contributed by atoms with van der Waals surface area (Å²) in [5.74, 6) is -0.486. The highest BCUT2D eigenvalue weighted by molar-refractivity contribution is 5.84. The molecule has 0 radical (unpaired) electrons. The zero-order chi connectivity index (χ0) is 15.8. The summed E-state index contributed by atoms with van der Waals surface area (Å²) in [4.78, 5) is 13.0. The Labute approximate surface area is 122 Å². The molecule has 0 spiro atoms. The predicted octanol–water partition coefficient (Wildman–Crippen LogP) is 3.07. The molecule has 0 aliphatic carbocycles. The molecule has 0 bridgehead atoms. The SMILES string of the molecule is CCC1NC(c2ccc(C)cc2C)N(CC(F)(F)F)C1=O. The predicted molar refractivity (Wildman–Crippen MR) is 73.6 cm³/mol. The van der Waals surface area contributed by atoms with Gasteiger partial charge in [0.1, 0.15) is 12.7 Å². The van der Waals surface area contributed by atoms with Gasteiger partial charge in [0.25, 0.3) is 0 Å². The lowest BCUT2D eigenvalue weighted by molar-refractivity contribution is -0.161. The monoisotopic (exact) mass is 300 g/mol. The van der Waals surface area contributed by atoms with E-state index in [2.05, 4.69) is 5.32 Å². The van der Waals surface area contributed by atoms with E-state index in [-0.39, 0.29) is 0 Å². The molecule has 0 saturated carbocycles. The molecule has 2 atom stereocenters. The highest BCUT2D eigenvalue weighted by Gasteiger charge is 2.44. The molecule has 21 heavy (non-hydrogen) atoms. The van der Waals surface area contributed by atoms with Crippen LogP contribution in [0, 0.1) is 13.8 Å². The van der Waals surface area contributed by atoms with E-state index >= 15 is 0 Å². The summed E-state index contributed by atoms with van der Waals surface area (Å²) in [6, 6.07) is 4.99. The Morgan fingerprint density at radius 2 is 1.95 bits per heavy atom. The maximum absolute atomic E-state index is 12.7. The van der Waals surface area contributed by atoms with Gasteiger partial charge >= 0.3 is 6.18 Å². The summed E-state index contributed by atoms with van der Waals surface area (Å²) < 4.78 is 38.2. The summed E-state index contributed by atoms with van der Waals surface area (Å²) in [5, 5.41) is 3.02. The van der Waals surface area contributed by atoms with Crippen LogP contribution in [0.5, 0.6) is 0 Å². The Morgan fingerprint density at radius 1 is 1.29 bits per heavy atom. The number of nitrogens with one attached hydrogen (secondary N) is 1. The number of alkyl halides is 3. The van der Waals surface area contributed by atoms with Crippen LogP contribution < -0.4 is 5.32 Å².